The number of imide groups is 1. The quantitative estimate of drug-likeness (QED) is 0.773. The van der Waals surface area contributed by atoms with Gasteiger partial charge in [0, 0.05) is 27.0 Å². The molecule has 1 heterocycles. The van der Waals surface area contributed by atoms with E-state index < -0.39 is 0 Å². The Labute approximate surface area is 132 Å². The zero-order valence-corrected chi connectivity index (χ0v) is 13.6. The van der Waals surface area contributed by atoms with Crippen molar-refractivity contribution >= 4 is 38.5 Å². The molecule has 3 nitrogen and oxygen atoms in total. The first-order valence-corrected chi connectivity index (χ1v) is 7.98. The van der Waals surface area contributed by atoms with Crippen LogP contribution in [0.15, 0.2) is 34.8 Å². The van der Waals surface area contributed by atoms with Crippen LogP contribution in [-0.2, 0) is 0 Å². The van der Waals surface area contributed by atoms with Crippen molar-refractivity contribution in [2.45, 2.75) is 32.7 Å². The van der Waals surface area contributed by atoms with E-state index in [1.807, 2.05) is 38.1 Å². The molecule has 1 aliphatic heterocycles. The van der Waals surface area contributed by atoms with E-state index in [0.29, 0.717) is 11.1 Å². The molecular formula is C17H16BrNO2. The predicted octanol–water partition coefficient (Wildman–Crippen LogP) is 4.39. The van der Waals surface area contributed by atoms with Gasteiger partial charge in [0.1, 0.15) is 0 Å². The Kier molecular flexibility index (Phi) is 3.57. The summed E-state index contributed by atoms with van der Waals surface area (Å²) in [5.74, 6) is -0.352. The number of nitrogens with zero attached hydrogens (tertiary/aromatic N) is 1. The van der Waals surface area contributed by atoms with Crippen LogP contribution in [0.1, 0.15) is 47.4 Å². The summed E-state index contributed by atoms with van der Waals surface area (Å²) < 4.78 is 0.902. The smallest absolute Gasteiger partial charge is 0.261 e. The number of benzene rings is 2. The Balaban J connectivity index is 2.29. The van der Waals surface area contributed by atoms with E-state index in [4.69, 9.17) is 0 Å². The fourth-order valence-electron chi connectivity index (χ4n) is 3.06. The average molecular weight is 346 g/mol. The van der Waals surface area contributed by atoms with Crippen molar-refractivity contribution in [2.24, 2.45) is 0 Å². The summed E-state index contributed by atoms with van der Waals surface area (Å²) in [5, 5.41) is 1.68. The molecule has 0 fully saturated rings. The molecule has 2 aromatic rings. The zero-order valence-electron chi connectivity index (χ0n) is 12.0. The summed E-state index contributed by atoms with van der Waals surface area (Å²) in [6, 6.07) is 9.24. The van der Waals surface area contributed by atoms with Crippen LogP contribution in [0.3, 0.4) is 0 Å². The van der Waals surface area contributed by atoms with Gasteiger partial charge >= 0.3 is 0 Å². The highest BCUT2D eigenvalue weighted by molar-refractivity contribution is 9.10. The normalized spacial score (nSPS) is 14.4. The fourth-order valence-corrected chi connectivity index (χ4v) is 3.53. The lowest BCUT2D eigenvalue weighted by atomic mass is 9.92. The van der Waals surface area contributed by atoms with Gasteiger partial charge in [0.15, 0.2) is 0 Å². The van der Waals surface area contributed by atoms with Crippen molar-refractivity contribution in [1.82, 2.24) is 4.90 Å². The zero-order chi connectivity index (χ0) is 15.1. The van der Waals surface area contributed by atoms with Crippen LogP contribution in [0.2, 0.25) is 0 Å². The molecule has 3 rings (SSSR count). The molecule has 2 amide bonds. The number of hydrogen-bond donors (Lipinski definition) is 0. The maximum Gasteiger partial charge on any atom is 0.261 e. The second-order valence-electron chi connectivity index (χ2n) is 5.27. The molecule has 0 aliphatic carbocycles. The number of rotatable bonds is 3. The number of hydrogen-bond acceptors (Lipinski definition) is 2. The van der Waals surface area contributed by atoms with Gasteiger partial charge in [-0.05, 0) is 36.4 Å². The van der Waals surface area contributed by atoms with Gasteiger partial charge in [0.25, 0.3) is 11.8 Å². The highest BCUT2D eigenvalue weighted by atomic mass is 79.9. The molecule has 0 atom stereocenters. The maximum atomic E-state index is 12.8. The number of halogens is 1. The SMILES string of the molecule is CCC(CC)N1C(=O)c2cccc3c(Br)ccc(c23)C1=O. The molecule has 21 heavy (non-hydrogen) atoms. The summed E-state index contributed by atoms with van der Waals surface area (Å²) in [5.41, 5.74) is 1.24. The van der Waals surface area contributed by atoms with Crippen LogP contribution < -0.4 is 0 Å². The van der Waals surface area contributed by atoms with E-state index in [9.17, 15) is 9.59 Å². The highest BCUT2D eigenvalue weighted by Gasteiger charge is 2.36. The van der Waals surface area contributed by atoms with E-state index in [1.165, 1.54) is 4.90 Å². The number of carbonyl (C=O) groups excluding carboxylic acids is 2. The summed E-state index contributed by atoms with van der Waals surface area (Å²) in [6.45, 7) is 4.01. The average Bonchev–Trinajstić information content (AvgIpc) is 2.50. The van der Waals surface area contributed by atoms with E-state index in [1.54, 1.807) is 6.07 Å². The lowest BCUT2D eigenvalue weighted by Crippen LogP contribution is -2.46. The third-order valence-corrected chi connectivity index (χ3v) is 4.88. The molecule has 0 N–H and O–H groups in total. The molecule has 4 heteroatoms. The van der Waals surface area contributed by atoms with Crippen LogP contribution in [0.4, 0.5) is 0 Å². The minimum atomic E-state index is -0.176. The summed E-state index contributed by atoms with van der Waals surface area (Å²) in [4.78, 5) is 27.0. The fraction of sp³-hybridized carbons (Fsp3) is 0.294. The summed E-state index contributed by atoms with van der Waals surface area (Å²) >= 11 is 3.49. The van der Waals surface area contributed by atoms with Crippen LogP contribution >= 0.6 is 15.9 Å². The van der Waals surface area contributed by atoms with E-state index >= 15 is 0 Å². The van der Waals surface area contributed by atoms with Gasteiger partial charge in [-0.25, -0.2) is 0 Å². The minimum Gasteiger partial charge on any atom is -0.271 e. The monoisotopic (exact) mass is 345 g/mol. The molecule has 108 valence electrons. The van der Waals surface area contributed by atoms with Crippen molar-refractivity contribution in [1.29, 1.82) is 0 Å². The van der Waals surface area contributed by atoms with Gasteiger partial charge in [-0.2, -0.15) is 0 Å². The Morgan fingerprint density at radius 1 is 1.00 bits per heavy atom. The van der Waals surface area contributed by atoms with Gasteiger partial charge in [0.05, 0.1) is 0 Å². The minimum absolute atomic E-state index is 0.0444. The van der Waals surface area contributed by atoms with E-state index in [0.717, 1.165) is 28.1 Å². The molecule has 0 spiro atoms. The maximum absolute atomic E-state index is 12.8. The second kappa shape index (κ2) is 5.26. The standard InChI is InChI=1S/C17H16BrNO2/c1-3-10(4-2)19-16(20)12-7-5-6-11-14(18)9-8-13(15(11)12)17(19)21/h5-10H,3-4H2,1-2H3. The van der Waals surface area contributed by atoms with Gasteiger partial charge in [-0.1, -0.05) is 41.9 Å². The molecular weight excluding hydrogens is 330 g/mol. The van der Waals surface area contributed by atoms with Crippen LogP contribution in [0.5, 0.6) is 0 Å². The Hall–Kier alpha value is -1.68. The Morgan fingerprint density at radius 2 is 1.62 bits per heavy atom. The van der Waals surface area contributed by atoms with Gasteiger partial charge < -0.3 is 0 Å². The molecule has 0 saturated heterocycles. The molecule has 0 unspecified atom stereocenters. The molecule has 0 aromatic heterocycles. The van der Waals surface area contributed by atoms with Crippen molar-refractivity contribution in [3.63, 3.8) is 0 Å². The lowest BCUT2D eigenvalue weighted by Gasteiger charge is -2.33. The topological polar surface area (TPSA) is 37.4 Å². The third kappa shape index (κ3) is 2.01. The van der Waals surface area contributed by atoms with Crippen LogP contribution in [0.25, 0.3) is 10.8 Å². The molecule has 1 aliphatic rings. The second-order valence-corrected chi connectivity index (χ2v) is 6.13. The highest BCUT2D eigenvalue weighted by Crippen LogP contribution is 2.35. The van der Waals surface area contributed by atoms with Crippen LogP contribution in [0, 0.1) is 0 Å². The van der Waals surface area contributed by atoms with E-state index in [-0.39, 0.29) is 17.9 Å². The molecule has 0 saturated carbocycles. The van der Waals surface area contributed by atoms with Crippen LogP contribution in [-0.4, -0.2) is 22.8 Å². The van der Waals surface area contributed by atoms with Crippen molar-refractivity contribution in [3.05, 3.63) is 45.9 Å². The first-order valence-electron chi connectivity index (χ1n) is 7.19. The van der Waals surface area contributed by atoms with E-state index in [2.05, 4.69) is 15.9 Å². The Bertz CT molecular complexity index is 728. The predicted molar refractivity (Wildman–Crippen MR) is 86.5 cm³/mol. The molecule has 0 bridgehead atoms. The summed E-state index contributed by atoms with van der Waals surface area (Å²) in [7, 11) is 0. The van der Waals surface area contributed by atoms with Gasteiger partial charge in [-0.3, -0.25) is 14.5 Å². The number of amides is 2. The lowest BCUT2D eigenvalue weighted by molar-refractivity contribution is 0.0530. The van der Waals surface area contributed by atoms with Gasteiger partial charge in [0.2, 0.25) is 0 Å². The first-order chi connectivity index (χ1) is 10.1. The Morgan fingerprint density at radius 3 is 2.24 bits per heavy atom. The number of carbonyl (C=O) groups is 2. The molecule has 2 aromatic carbocycles. The first kappa shape index (κ1) is 14.3. The van der Waals surface area contributed by atoms with Crippen molar-refractivity contribution < 1.29 is 9.59 Å². The largest absolute Gasteiger partial charge is 0.271 e. The third-order valence-electron chi connectivity index (χ3n) is 4.19. The molecule has 0 radical (unpaired) electrons. The summed E-state index contributed by atoms with van der Waals surface area (Å²) in [6.07, 6.45) is 1.55. The van der Waals surface area contributed by atoms with Gasteiger partial charge in [-0.15, -0.1) is 0 Å². The van der Waals surface area contributed by atoms with Crippen molar-refractivity contribution in [2.75, 3.05) is 0 Å². The van der Waals surface area contributed by atoms with Crippen molar-refractivity contribution in [3.8, 4) is 0 Å².